The molecule has 0 fully saturated rings. The highest BCUT2D eigenvalue weighted by atomic mass is 32.2. The fourth-order valence-corrected chi connectivity index (χ4v) is 10.2. The fraction of sp³-hybridized carbons (Fsp3) is 0.353. The molecular formula is C34H26N6O4S3. The molecule has 234 valence electrons. The number of hydrogen-bond donors (Lipinski definition) is 0. The Labute approximate surface area is 279 Å². The topological polar surface area (TPSA) is 134 Å². The zero-order valence-corrected chi connectivity index (χ0v) is 28.1. The molecule has 0 unspecified atom stereocenters. The predicted molar refractivity (Wildman–Crippen MR) is 189 cm³/mol. The highest BCUT2D eigenvalue weighted by Crippen LogP contribution is 2.46. The largest absolute Gasteiger partial charge is 0.546 e. The molecule has 2 aromatic carbocycles. The molecule has 47 heavy (non-hydrogen) atoms. The number of hydrogen-bond acceptors (Lipinski definition) is 9. The second kappa shape index (κ2) is 12.7. The van der Waals surface area contributed by atoms with Crippen molar-refractivity contribution in [3.63, 3.8) is 0 Å². The molecule has 0 spiro atoms. The minimum Gasteiger partial charge on any atom is -0.274 e. The number of benzene rings is 2. The third-order valence-corrected chi connectivity index (χ3v) is 12.3. The predicted octanol–water partition coefficient (Wildman–Crippen LogP) is 6.65. The fourth-order valence-electron chi connectivity index (χ4n) is 6.43. The van der Waals surface area contributed by atoms with Crippen LogP contribution in [-0.2, 0) is 13.1 Å². The van der Waals surface area contributed by atoms with E-state index in [-0.39, 0.29) is 71.8 Å². The van der Waals surface area contributed by atoms with Gasteiger partial charge in [-0.2, -0.15) is 20.2 Å². The molecule has 0 radical (unpaired) electrons. The van der Waals surface area contributed by atoms with Crippen LogP contribution in [0.5, 0.6) is 0 Å². The summed E-state index contributed by atoms with van der Waals surface area (Å²) in [6.45, 7) is 19.5. The first-order chi connectivity index (χ1) is 22.8. The van der Waals surface area contributed by atoms with Crippen LogP contribution in [0.1, 0.15) is 75.7 Å². The number of rotatable bonds is 10. The van der Waals surface area contributed by atoms with Crippen molar-refractivity contribution in [2.75, 3.05) is 0 Å². The average molecular weight is 679 g/mol. The van der Waals surface area contributed by atoms with E-state index in [1.807, 2.05) is 6.07 Å². The molecule has 0 amide bonds. The minimum atomic E-state index is -0.642. The molecule has 6 rings (SSSR count). The van der Waals surface area contributed by atoms with Crippen molar-refractivity contribution >= 4 is 91.6 Å². The molecule has 0 aliphatic carbocycles. The van der Waals surface area contributed by atoms with Gasteiger partial charge in [0.2, 0.25) is 0 Å². The normalized spacial score (nSPS) is 11.4. The summed E-state index contributed by atoms with van der Waals surface area (Å²) in [5.41, 5.74) is -2.46. The van der Waals surface area contributed by atoms with Gasteiger partial charge in [0.25, 0.3) is 22.2 Å². The number of fused-ring (bicyclic) bond motifs is 6. The lowest BCUT2D eigenvalue weighted by Crippen LogP contribution is -2.36. The van der Waals surface area contributed by atoms with Crippen LogP contribution in [0, 0.1) is 35.8 Å². The van der Waals surface area contributed by atoms with E-state index in [1.54, 1.807) is 0 Å². The van der Waals surface area contributed by atoms with Gasteiger partial charge in [0.1, 0.15) is 30.2 Å². The Hall–Kier alpha value is -4.92. The van der Waals surface area contributed by atoms with Crippen molar-refractivity contribution < 1.29 is 0 Å². The lowest BCUT2D eigenvalue weighted by Gasteiger charge is -2.16. The van der Waals surface area contributed by atoms with E-state index < -0.39 is 22.2 Å². The van der Waals surface area contributed by atoms with Crippen molar-refractivity contribution in [1.82, 2.24) is 9.13 Å². The Morgan fingerprint density at radius 2 is 1.09 bits per heavy atom. The average Bonchev–Trinajstić information content (AvgIpc) is 3.67. The molecular weight excluding hydrogens is 653 g/mol. The molecule has 0 aliphatic rings. The molecule has 0 bridgehead atoms. The molecule has 13 heteroatoms. The van der Waals surface area contributed by atoms with Crippen molar-refractivity contribution in [3.05, 3.63) is 78.5 Å². The highest BCUT2D eigenvalue weighted by Gasteiger charge is 2.31. The Kier molecular flexibility index (Phi) is 8.66. The summed E-state index contributed by atoms with van der Waals surface area (Å²) >= 11 is 3.02. The van der Waals surface area contributed by atoms with E-state index in [0.29, 0.717) is 26.1 Å². The highest BCUT2D eigenvalue weighted by molar-refractivity contribution is 7.37. The number of nitrogens with zero attached hydrogens (tertiary/aromatic N) is 6. The van der Waals surface area contributed by atoms with Crippen LogP contribution in [0.2, 0.25) is 0 Å². The maximum Gasteiger partial charge on any atom is 0.546 e. The first kappa shape index (κ1) is 32.0. The number of pyridine rings is 2. The van der Waals surface area contributed by atoms with Gasteiger partial charge in [0.15, 0.2) is 3.85 Å². The summed E-state index contributed by atoms with van der Waals surface area (Å²) < 4.78 is 3.61. The van der Waals surface area contributed by atoms with E-state index in [2.05, 4.69) is 29.6 Å². The Morgan fingerprint density at radius 3 is 1.53 bits per heavy atom. The molecule has 10 nitrogen and oxygen atoms in total. The third-order valence-electron chi connectivity index (χ3n) is 8.60. The lowest BCUT2D eigenvalue weighted by molar-refractivity contribution is 0.564. The van der Waals surface area contributed by atoms with Crippen LogP contribution in [0.3, 0.4) is 0 Å². The quantitative estimate of drug-likeness (QED) is 0.0905. The molecule has 0 saturated heterocycles. The zero-order chi connectivity index (χ0) is 33.6. The Balaban J connectivity index is 1.97. The number of thiophene rings is 1. The van der Waals surface area contributed by atoms with Crippen molar-refractivity contribution in [3.8, 4) is 12.1 Å². The summed E-state index contributed by atoms with van der Waals surface area (Å²) in [7, 11) is 0. The van der Waals surface area contributed by atoms with Gasteiger partial charge in [-0.25, -0.2) is 0 Å². The van der Waals surface area contributed by atoms with Gasteiger partial charge in [0, 0.05) is 29.2 Å². The van der Waals surface area contributed by atoms with E-state index in [1.165, 1.54) is 4.57 Å². The van der Waals surface area contributed by atoms with Crippen LogP contribution in [0.25, 0.3) is 67.3 Å². The van der Waals surface area contributed by atoms with Crippen molar-refractivity contribution in [2.45, 2.75) is 78.3 Å². The van der Waals surface area contributed by atoms with E-state index in [4.69, 9.17) is 13.1 Å². The van der Waals surface area contributed by atoms with Crippen molar-refractivity contribution in [2.24, 2.45) is 0 Å². The molecule has 0 atom stereocenters. The summed E-state index contributed by atoms with van der Waals surface area (Å²) in [5.74, 6) is -0.210. The van der Waals surface area contributed by atoms with Gasteiger partial charge in [0.05, 0.1) is 41.2 Å². The van der Waals surface area contributed by atoms with E-state index >= 15 is 0 Å². The smallest absolute Gasteiger partial charge is 0.274 e. The lowest BCUT2D eigenvalue weighted by atomic mass is 9.92. The van der Waals surface area contributed by atoms with Crippen molar-refractivity contribution in [1.29, 1.82) is 10.5 Å². The Morgan fingerprint density at radius 1 is 0.617 bits per heavy atom. The maximum atomic E-state index is 14.4. The Bertz CT molecular complexity index is 2740. The maximum absolute atomic E-state index is 14.4. The molecule has 0 aliphatic heterocycles. The molecule has 0 saturated carbocycles. The second-order valence-electron chi connectivity index (χ2n) is 11.3. The SMILES string of the molecule is [C-]#[N+]C([N+]#[C-])=c1sc2c(s1)c1c(=O)n(CCCCCC)c(=O)c3c4c(C#N)c(C#N)sc4c4c(=O)n(CCCCCC)c(=O)c2c4c13. The van der Waals surface area contributed by atoms with Gasteiger partial charge < -0.3 is 0 Å². The minimum absolute atomic E-state index is 0.0257. The number of unbranched alkanes of at least 4 members (excludes halogenated alkanes) is 6. The number of nitriles is 2. The van der Waals surface area contributed by atoms with Crippen LogP contribution < -0.4 is 26.1 Å². The summed E-state index contributed by atoms with van der Waals surface area (Å²) in [5, 5.41) is 21.1. The monoisotopic (exact) mass is 678 g/mol. The van der Waals surface area contributed by atoms with Gasteiger partial charge >= 0.3 is 5.82 Å². The second-order valence-corrected chi connectivity index (χ2v) is 14.6. The van der Waals surface area contributed by atoms with Gasteiger partial charge in [-0.15, -0.1) is 34.0 Å². The van der Waals surface area contributed by atoms with Gasteiger partial charge in [-0.1, -0.05) is 52.4 Å². The first-order valence-corrected chi connectivity index (χ1v) is 17.8. The van der Waals surface area contributed by atoms with Gasteiger partial charge in [-0.05, 0) is 12.8 Å². The number of aromatic nitrogens is 2. The molecule has 6 aromatic rings. The molecule has 0 N–H and O–H groups in total. The van der Waals surface area contributed by atoms with Crippen LogP contribution >= 0.6 is 34.0 Å². The van der Waals surface area contributed by atoms with E-state index in [9.17, 15) is 29.7 Å². The van der Waals surface area contributed by atoms with Crippen LogP contribution in [0.15, 0.2) is 19.2 Å². The van der Waals surface area contributed by atoms with Gasteiger partial charge in [-0.3, -0.25) is 28.3 Å². The molecule has 4 heterocycles. The standard InChI is InChI=1S/C34H26N6O4S3/c1-5-7-9-11-13-39-30(41)22-19-17(15-35)18(16-36)45-26(19)23-21-20(22)24(32(39)43)27-28(47-34(46-27)29(37-3)38-4)25(21)33(44)40(31(23)42)14-12-10-8-6-2/h5-14H2,1-2H3. The van der Waals surface area contributed by atoms with E-state index in [0.717, 1.165) is 77.1 Å². The van der Waals surface area contributed by atoms with Crippen LogP contribution in [-0.4, -0.2) is 9.13 Å². The third kappa shape index (κ3) is 4.74. The first-order valence-electron chi connectivity index (χ1n) is 15.3. The van der Waals surface area contributed by atoms with Crippen LogP contribution in [0.4, 0.5) is 0 Å². The summed E-state index contributed by atoms with van der Waals surface area (Å²) in [4.78, 5) is 64.4. The summed E-state index contributed by atoms with van der Waals surface area (Å²) in [6, 6.07) is 4.12. The summed E-state index contributed by atoms with van der Waals surface area (Å²) in [6.07, 6.45) is 6.45. The molecule has 4 aromatic heterocycles. The zero-order valence-electron chi connectivity index (χ0n) is 25.6.